The van der Waals surface area contributed by atoms with Crippen molar-refractivity contribution in [2.45, 2.75) is 59.2 Å². The number of ketones is 1. The van der Waals surface area contributed by atoms with Crippen LogP contribution in [-0.4, -0.2) is 92.0 Å². The molecule has 0 aliphatic carbocycles. The quantitative estimate of drug-likeness (QED) is 0.649. The Labute approximate surface area is 215 Å². The first-order valence-electron chi connectivity index (χ1n) is 13.2. The van der Waals surface area contributed by atoms with Crippen molar-refractivity contribution in [2.75, 3.05) is 51.3 Å². The fourth-order valence-electron chi connectivity index (χ4n) is 5.65. The third-order valence-electron chi connectivity index (χ3n) is 7.78. The molecule has 1 aromatic carbocycles. The summed E-state index contributed by atoms with van der Waals surface area (Å²) >= 11 is 0. The van der Waals surface area contributed by atoms with Gasteiger partial charge in [-0.3, -0.25) is 14.4 Å². The predicted molar refractivity (Wildman–Crippen MR) is 140 cm³/mol. The SMILES string of the molecule is CC(C)[C@@H]1CN(C(=O)[C@H](CC(C)(C)C)NC(=O)c2ccc(N3CCN(C)CC3)cc2)[C@@H]2C(=O)CO[C@@H]21. The van der Waals surface area contributed by atoms with E-state index in [4.69, 9.17) is 4.74 Å². The van der Waals surface area contributed by atoms with E-state index in [9.17, 15) is 14.4 Å². The molecule has 2 amide bonds. The minimum atomic E-state index is -0.713. The number of amides is 2. The van der Waals surface area contributed by atoms with Crippen molar-refractivity contribution in [3.05, 3.63) is 29.8 Å². The number of nitrogens with zero attached hydrogens (tertiary/aromatic N) is 3. The van der Waals surface area contributed by atoms with Crippen molar-refractivity contribution in [1.82, 2.24) is 15.1 Å². The minimum absolute atomic E-state index is 0.0446. The Morgan fingerprint density at radius 2 is 1.72 bits per heavy atom. The number of likely N-dealkylation sites (N-methyl/N-ethyl adjacent to an activating group) is 1. The Morgan fingerprint density at radius 1 is 1.08 bits per heavy atom. The number of nitrogens with one attached hydrogen (secondary N) is 1. The molecule has 36 heavy (non-hydrogen) atoms. The minimum Gasteiger partial charge on any atom is -0.369 e. The van der Waals surface area contributed by atoms with E-state index < -0.39 is 12.1 Å². The molecule has 3 heterocycles. The molecule has 3 saturated heterocycles. The maximum absolute atomic E-state index is 13.8. The van der Waals surface area contributed by atoms with E-state index in [0.29, 0.717) is 18.5 Å². The molecule has 0 saturated carbocycles. The summed E-state index contributed by atoms with van der Waals surface area (Å²) in [5.74, 6) is -0.108. The van der Waals surface area contributed by atoms with E-state index in [2.05, 4.69) is 56.8 Å². The fourth-order valence-corrected chi connectivity index (χ4v) is 5.65. The smallest absolute Gasteiger partial charge is 0.251 e. The van der Waals surface area contributed by atoms with Crippen LogP contribution >= 0.6 is 0 Å². The lowest BCUT2D eigenvalue weighted by atomic mass is 9.87. The van der Waals surface area contributed by atoms with E-state index in [1.54, 1.807) is 4.90 Å². The second kappa shape index (κ2) is 10.5. The average Bonchev–Trinajstić information content (AvgIpc) is 3.38. The third kappa shape index (κ3) is 5.75. The summed E-state index contributed by atoms with van der Waals surface area (Å²) in [6.45, 7) is 14.8. The molecule has 0 aromatic heterocycles. The molecule has 3 aliphatic heterocycles. The molecule has 3 fully saturated rings. The van der Waals surface area contributed by atoms with Gasteiger partial charge in [0.15, 0.2) is 5.78 Å². The van der Waals surface area contributed by atoms with Crippen molar-refractivity contribution in [1.29, 1.82) is 0 Å². The number of ether oxygens (including phenoxy) is 1. The Balaban J connectivity index is 1.49. The van der Waals surface area contributed by atoms with Gasteiger partial charge in [0.1, 0.15) is 18.7 Å². The number of benzene rings is 1. The lowest BCUT2D eigenvalue weighted by molar-refractivity contribution is -0.138. The number of Topliss-reactive ketones (excluding diaryl/α,β-unsaturated/α-hetero) is 1. The van der Waals surface area contributed by atoms with Gasteiger partial charge < -0.3 is 24.8 Å². The molecule has 3 aliphatic rings. The van der Waals surface area contributed by atoms with E-state index in [1.807, 2.05) is 24.3 Å². The van der Waals surface area contributed by atoms with E-state index in [-0.39, 0.29) is 47.6 Å². The van der Waals surface area contributed by atoms with Crippen LogP contribution in [0.1, 0.15) is 51.4 Å². The summed E-state index contributed by atoms with van der Waals surface area (Å²) in [4.78, 5) is 46.1. The van der Waals surface area contributed by atoms with Gasteiger partial charge in [0.25, 0.3) is 5.91 Å². The van der Waals surface area contributed by atoms with Crippen LogP contribution in [0.3, 0.4) is 0 Å². The molecule has 8 nitrogen and oxygen atoms in total. The summed E-state index contributed by atoms with van der Waals surface area (Å²) in [7, 11) is 2.13. The molecular weight excluding hydrogens is 456 g/mol. The van der Waals surface area contributed by atoms with Crippen LogP contribution in [-0.2, 0) is 14.3 Å². The van der Waals surface area contributed by atoms with Gasteiger partial charge >= 0.3 is 0 Å². The van der Waals surface area contributed by atoms with Gasteiger partial charge in [0.2, 0.25) is 5.91 Å². The van der Waals surface area contributed by atoms with Crippen molar-refractivity contribution in [3.8, 4) is 0 Å². The highest BCUT2D eigenvalue weighted by molar-refractivity contribution is 5.99. The summed E-state index contributed by atoms with van der Waals surface area (Å²) in [5.41, 5.74) is 1.44. The van der Waals surface area contributed by atoms with Crippen LogP contribution in [0.2, 0.25) is 0 Å². The second-order valence-corrected chi connectivity index (χ2v) is 12.2. The van der Waals surface area contributed by atoms with E-state index in [1.165, 1.54) is 0 Å². The molecule has 4 atom stereocenters. The van der Waals surface area contributed by atoms with Crippen LogP contribution < -0.4 is 10.2 Å². The Kier molecular flexibility index (Phi) is 7.76. The average molecular weight is 499 g/mol. The van der Waals surface area contributed by atoms with Gasteiger partial charge in [-0.05, 0) is 49.1 Å². The molecule has 0 radical (unpaired) electrons. The summed E-state index contributed by atoms with van der Waals surface area (Å²) in [6.07, 6.45) is 0.223. The highest BCUT2D eigenvalue weighted by Gasteiger charge is 2.53. The molecule has 198 valence electrons. The van der Waals surface area contributed by atoms with Crippen molar-refractivity contribution in [2.24, 2.45) is 17.3 Å². The monoisotopic (exact) mass is 498 g/mol. The lowest BCUT2D eigenvalue weighted by Gasteiger charge is -2.34. The molecule has 0 spiro atoms. The predicted octanol–water partition coefficient (Wildman–Crippen LogP) is 2.42. The number of anilines is 1. The first-order valence-corrected chi connectivity index (χ1v) is 13.2. The number of fused-ring (bicyclic) bond motifs is 1. The van der Waals surface area contributed by atoms with Gasteiger partial charge in [-0.2, -0.15) is 0 Å². The van der Waals surface area contributed by atoms with Crippen LogP contribution in [0.4, 0.5) is 5.69 Å². The number of piperazine rings is 1. The number of carbonyl (C=O) groups excluding carboxylic acids is 3. The number of carbonyl (C=O) groups is 3. The number of hydrogen-bond acceptors (Lipinski definition) is 6. The zero-order valence-corrected chi connectivity index (χ0v) is 22.6. The number of rotatable bonds is 6. The van der Waals surface area contributed by atoms with E-state index >= 15 is 0 Å². The van der Waals surface area contributed by atoms with Crippen LogP contribution in [0.25, 0.3) is 0 Å². The molecule has 0 bridgehead atoms. The van der Waals surface area contributed by atoms with Crippen molar-refractivity contribution >= 4 is 23.3 Å². The first kappa shape index (κ1) is 26.6. The van der Waals surface area contributed by atoms with Crippen LogP contribution in [0.5, 0.6) is 0 Å². The highest BCUT2D eigenvalue weighted by atomic mass is 16.5. The van der Waals surface area contributed by atoms with E-state index in [0.717, 1.165) is 31.9 Å². The standard InChI is InChI=1S/C28H42N4O4/c1-18(2)21-16-32(24-23(33)17-36-25(21)24)27(35)22(15-28(3,4)5)29-26(34)19-7-9-20(10-8-19)31-13-11-30(6)12-14-31/h7-10,18,21-22,24-25H,11-17H2,1-6H3,(H,29,34)/t21-,22-,24+,25+/m0/s1. The lowest BCUT2D eigenvalue weighted by Crippen LogP contribution is -2.53. The largest absolute Gasteiger partial charge is 0.369 e. The Bertz CT molecular complexity index is 963. The van der Waals surface area contributed by atoms with Crippen molar-refractivity contribution < 1.29 is 19.1 Å². The number of hydrogen-bond donors (Lipinski definition) is 1. The maximum atomic E-state index is 13.8. The summed E-state index contributed by atoms with van der Waals surface area (Å²) in [6, 6.07) is 6.36. The van der Waals surface area contributed by atoms with Crippen molar-refractivity contribution in [3.63, 3.8) is 0 Å². The zero-order valence-electron chi connectivity index (χ0n) is 22.6. The second-order valence-electron chi connectivity index (χ2n) is 12.2. The highest BCUT2D eigenvalue weighted by Crippen LogP contribution is 2.37. The van der Waals surface area contributed by atoms with Crippen LogP contribution in [0.15, 0.2) is 24.3 Å². The molecule has 8 heteroatoms. The summed E-state index contributed by atoms with van der Waals surface area (Å²) in [5, 5.41) is 3.01. The van der Waals surface area contributed by atoms with Gasteiger partial charge in [-0.1, -0.05) is 34.6 Å². The zero-order chi connectivity index (χ0) is 26.2. The molecule has 1 N–H and O–H groups in total. The topological polar surface area (TPSA) is 82.2 Å². The Morgan fingerprint density at radius 3 is 2.31 bits per heavy atom. The van der Waals surface area contributed by atoms with Gasteiger partial charge in [0.05, 0.1) is 6.10 Å². The Hall–Kier alpha value is -2.45. The van der Waals surface area contributed by atoms with Gasteiger partial charge in [-0.15, -0.1) is 0 Å². The fraction of sp³-hybridized carbons (Fsp3) is 0.679. The van der Waals surface area contributed by atoms with Gasteiger partial charge in [-0.25, -0.2) is 0 Å². The maximum Gasteiger partial charge on any atom is 0.251 e. The molecule has 1 aromatic rings. The first-order chi connectivity index (χ1) is 16.9. The summed E-state index contributed by atoms with van der Waals surface area (Å²) < 4.78 is 5.80. The van der Waals surface area contributed by atoms with Crippen LogP contribution in [0, 0.1) is 17.3 Å². The molecule has 0 unspecified atom stereocenters. The van der Waals surface area contributed by atoms with Gasteiger partial charge in [0, 0.05) is 49.9 Å². The normalized spacial score (nSPS) is 25.9. The molecular formula is C28H42N4O4. The number of likely N-dealkylation sites (tertiary alicyclic amines) is 1. The third-order valence-corrected chi connectivity index (χ3v) is 7.78. The molecule has 4 rings (SSSR count).